The van der Waals surface area contributed by atoms with Gasteiger partial charge in [0.05, 0.1) is 30.2 Å². The Balaban J connectivity index is 0.00000264. The second kappa shape index (κ2) is 7.41. The van der Waals surface area contributed by atoms with Gasteiger partial charge in [0.1, 0.15) is 10.1 Å². The van der Waals surface area contributed by atoms with Gasteiger partial charge in [-0.15, -0.1) is 0 Å². The predicted molar refractivity (Wildman–Crippen MR) is 74.6 cm³/mol. The molecule has 2 aromatic rings. The molecular weight excluding hydrogens is 335 g/mol. The van der Waals surface area contributed by atoms with Gasteiger partial charge in [-0.3, -0.25) is 0 Å². The molecule has 2 rings (SSSR count). The zero-order valence-electron chi connectivity index (χ0n) is 12.7. The normalized spacial score (nSPS) is 10.7. The van der Waals surface area contributed by atoms with E-state index in [9.17, 15) is 22.6 Å². The van der Waals surface area contributed by atoms with Gasteiger partial charge in [0, 0.05) is 5.39 Å². The number of carbonyl (C=O) groups is 2. The van der Waals surface area contributed by atoms with E-state index in [0.29, 0.717) is 0 Å². The summed E-state index contributed by atoms with van der Waals surface area (Å²) in [5.41, 5.74) is -0.134. The second-order valence-electron chi connectivity index (χ2n) is 4.31. The van der Waals surface area contributed by atoms with E-state index in [4.69, 9.17) is 0 Å². The van der Waals surface area contributed by atoms with Crippen LogP contribution in [-0.4, -0.2) is 39.1 Å². The monoisotopic (exact) mass is 346 g/mol. The average Bonchev–Trinajstić information content (AvgIpc) is 2.50. The minimum Gasteiger partial charge on any atom is -0.744 e. The number of carbonyl (C=O) groups excluding carboxylic acids is 2. The van der Waals surface area contributed by atoms with Crippen molar-refractivity contribution >= 4 is 32.8 Å². The summed E-state index contributed by atoms with van der Waals surface area (Å²) in [6, 6.07) is 6.37. The number of hydrogen-bond acceptors (Lipinski definition) is 7. The molecule has 0 N–H and O–H groups in total. The molecule has 2 aromatic carbocycles. The van der Waals surface area contributed by atoms with Crippen LogP contribution < -0.4 is 29.6 Å². The Hall–Kier alpha value is -1.45. The molecule has 0 amide bonds. The maximum atomic E-state index is 11.9. The number of esters is 2. The van der Waals surface area contributed by atoms with Gasteiger partial charge in [-0.2, -0.15) is 0 Å². The predicted octanol–water partition coefficient (Wildman–Crippen LogP) is -1.68. The summed E-state index contributed by atoms with van der Waals surface area (Å²) in [5, 5.41) is 0.397. The van der Waals surface area contributed by atoms with Crippen molar-refractivity contribution in [3.05, 3.63) is 41.5 Å². The maximum Gasteiger partial charge on any atom is 1.00 e. The van der Waals surface area contributed by atoms with E-state index in [1.165, 1.54) is 25.3 Å². The van der Waals surface area contributed by atoms with Gasteiger partial charge < -0.3 is 14.0 Å². The molecule has 116 valence electrons. The molecule has 0 aliphatic rings. The SMILES string of the molecule is COC(=O)c1cccc2cc(S(=O)(=O)[O-])cc(C(=O)OC)c12.[Na+]. The van der Waals surface area contributed by atoms with Crippen molar-refractivity contribution in [1.29, 1.82) is 0 Å². The minimum atomic E-state index is -4.77. The Labute approximate surface area is 154 Å². The molecule has 23 heavy (non-hydrogen) atoms. The summed E-state index contributed by atoms with van der Waals surface area (Å²) in [7, 11) is -2.49. The fourth-order valence-corrected chi connectivity index (χ4v) is 2.63. The first-order chi connectivity index (χ1) is 10.3. The molecule has 0 fully saturated rings. The number of hydrogen-bond donors (Lipinski definition) is 0. The van der Waals surface area contributed by atoms with Crippen LogP contribution in [0.1, 0.15) is 20.7 Å². The van der Waals surface area contributed by atoms with Crippen LogP contribution in [0.15, 0.2) is 35.2 Å². The number of rotatable bonds is 3. The van der Waals surface area contributed by atoms with Crippen LogP contribution in [0.2, 0.25) is 0 Å². The van der Waals surface area contributed by atoms with E-state index in [1.54, 1.807) is 0 Å². The van der Waals surface area contributed by atoms with Crippen molar-refractivity contribution < 1.29 is 61.6 Å². The van der Waals surface area contributed by atoms with Gasteiger partial charge in [0.15, 0.2) is 0 Å². The van der Waals surface area contributed by atoms with Gasteiger partial charge in [-0.25, -0.2) is 18.0 Å². The largest absolute Gasteiger partial charge is 1.00 e. The van der Waals surface area contributed by atoms with Crippen LogP contribution in [0.5, 0.6) is 0 Å². The molecular formula is C14H11NaO7S. The minimum absolute atomic E-state index is 0. The Morgan fingerprint density at radius 3 is 2.09 bits per heavy atom. The first kappa shape index (κ1) is 19.6. The standard InChI is InChI=1S/C14H12O7S.Na/c1-20-13(15)10-5-3-4-8-6-9(22(17,18)19)7-11(12(8)10)14(16)21-2;/h3-7H,1-2H3,(H,17,18,19);/q;+1/p-1. The molecule has 0 aliphatic carbocycles. The van der Waals surface area contributed by atoms with Crippen molar-refractivity contribution in [3.63, 3.8) is 0 Å². The quantitative estimate of drug-likeness (QED) is 0.371. The topological polar surface area (TPSA) is 110 Å². The fourth-order valence-electron chi connectivity index (χ4n) is 2.10. The van der Waals surface area contributed by atoms with Crippen molar-refractivity contribution in [2.45, 2.75) is 4.90 Å². The Bertz CT molecular complexity index is 874. The molecule has 0 spiro atoms. The molecule has 0 atom stereocenters. The van der Waals surface area contributed by atoms with Crippen molar-refractivity contribution in [2.75, 3.05) is 14.2 Å². The molecule has 0 saturated carbocycles. The smallest absolute Gasteiger partial charge is 0.744 e. The molecule has 0 radical (unpaired) electrons. The molecule has 0 aromatic heterocycles. The third-order valence-corrected chi connectivity index (χ3v) is 3.86. The first-order valence-corrected chi connectivity index (χ1v) is 7.39. The van der Waals surface area contributed by atoms with Gasteiger partial charge in [0.25, 0.3) is 0 Å². The Morgan fingerprint density at radius 2 is 1.57 bits per heavy atom. The second-order valence-corrected chi connectivity index (χ2v) is 5.69. The van der Waals surface area contributed by atoms with Gasteiger partial charge in [-0.05, 0) is 23.6 Å². The number of benzene rings is 2. The van der Waals surface area contributed by atoms with Crippen molar-refractivity contribution in [1.82, 2.24) is 0 Å². The zero-order chi connectivity index (χ0) is 16.5. The van der Waals surface area contributed by atoms with Crippen LogP contribution in [0, 0.1) is 0 Å². The van der Waals surface area contributed by atoms with Crippen molar-refractivity contribution in [2.24, 2.45) is 0 Å². The van der Waals surface area contributed by atoms with Crippen LogP contribution in [0.4, 0.5) is 0 Å². The number of ether oxygens (including phenoxy) is 2. The molecule has 9 heteroatoms. The molecule has 0 unspecified atom stereocenters. The molecule has 0 saturated heterocycles. The maximum absolute atomic E-state index is 11.9. The van der Waals surface area contributed by atoms with Gasteiger partial charge in [-0.1, -0.05) is 12.1 Å². The van der Waals surface area contributed by atoms with Crippen LogP contribution in [-0.2, 0) is 19.6 Å². The molecule has 7 nitrogen and oxygen atoms in total. The van der Waals surface area contributed by atoms with Gasteiger partial charge in [0.2, 0.25) is 0 Å². The summed E-state index contributed by atoms with van der Waals surface area (Å²) in [6.45, 7) is 0. The van der Waals surface area contributed by atoms with Crippen LogP contribution in [0.25, 0.3) is 10.8 Å². The van der Waals surface area contributed by atoms with E-state index in [1.807, 2.05) is 0 Å². The summed E-state index contributed by atoms with van der Waals surface area (Å²) in [6.07, 6.45) is 0. The van der Waals surface area contributed by atoms with E-state index in [2.05, 4.69) is 9.47 Å². The molecule has 0 heterocycles. The average molecular weight is 346 g/mol. The van der Waals surface area contributed by atoms with E-state index < -0.39 is 27.0 Å². The summed E-state index contributed by atoms with van der Waals surface area (Å²) < 4.78 is 42.9. The molecule has 0 bridgehead atoms. The number of fused-ring (bicyclic) bond motifs is 1. The number of methoxy groups -OCH3 is 2. The van der Waals surface area contributed by atoms with E-state index in [-0.39, 0.29) is 51.5 Å². The third-order valence-electron chi connectivity index (χ3n) is 3.05. The van der Waals surface area contributed by atoms with Gasteiger partial charge >= 0.3 is 41.5 Å². The van der Waals surface area contributed by atoms with Crippen LogP contribution >= 0.6 is 0 Å². The first-order valence-electron chi connectivity index (χ1n) is 5.99. The van der Waals surface area contributed by atoms with E-state index in [0.717, 1.165) is 19.2 Å². The summed E-state index contributed by atoms with van der Waals surface area (Å²) in [4.78, 5) is 23.1. The van der Waals surface area contributed by atoms with E-state index >= 15 is 0 Å². The Kier molecular flexibility index (Phi) is 6.32. The summed E-state index contributed by atoms with van der Waals surface area (Å²) in [5.74, 6) is -1.57. The molecule has 0 aliphatic heterocycles. The van der Waals surface area contributed by atoms with Crippen molar-refractivity contribution in [3.8, 4) is 0 Å². The zero-order valence-corrected chi connectivity index (χ0v) is 15.5. The fraction of sp³-hybridized carbons (Fsp3) is 0.143. The Morgan fingerprint density at radius 1 is 1.00 bits per heavy atom. The van der Waals surface area contributed by atoms with Crippen LogP contribution in [0.3, 0.4) is 0 Å². The third kappa shape index (κ3) is 3.91. The summed E-state index contributed by atoms with van der Waals surface area (Å²) >= 11 is 0.